The van der Waals surface area contributed by atoms with Crippen molar-refractivity contribution in [1.82, 2.24) is 15.1 Å². The number of likely N-dealkylation sites (tertiary alicyclic amines) is 1. The summed E-state index contributed by atoms with van der Waals surface area (Å²) in [6.45, 7) is 11.2. The normalized spacial score (nSPS) is 23.1. The van der Waals surface area contributed by atoms with Crippen molar-refractivity contribution >= 4 is 77.3 Å². The second-order valence-electron chi connectivity index (χ2n) is 10.3. The summed E-state index contributed by atoms with van der Waals surface area (Å²) in [5.41, 5.74) is 1.57. The van der Waals surface area contributed by atoms with E-state index in [1.165, 1.54) is 4.90 Å². The minimum absolute atomic E-state index is 0. The van der Waals surface area contributed by atoms with Gasteiger partial charge in [-0.15, -0.1) is 0 Å². The summed E-state index contributed by atoms with van der Waals surface area (Å²) in [6, 6.07) is 5.95. The Morgan fingerprint density at radius 2 is 1.67 bits per heavy atom. The Morgan fingerprint density at radius 3 is 2.23 bits per heavy atom. The highest BCUT2D eigenvalue weighted by Gasteiger charge is 2.52. The van der Waals surface area contributed by atoms with Crippen LogP contribution in [0.3, 0.4) is 0 Å². The number of ether oxygens (including phenoxy) is 1. The Labute approximate surface area is 260 Å². The van der Waals surface area contributed by atoms with Crippen LogP contribution in [0.15, 0.2) is 24.3 Å². The predicted molar refractivity (Wildman–Crippen MR) is 174 cm³/mol. The molecule has 0 bridgehead atoms. The zero-order valence-corrected chi connectivity index (χ0v) is 27.0. The number of aliphatic hydroxyl groups excluding tert-OH is 1. The Hall–Kier alpha value is -1.09. The van der Waals surface area contributed by atoms with Gasteiger partial charge in [0, 0.05) is 37.4 Å². The number of nitrogens with zero attached hydrogens (tertiary/aromatic N) is 3. The molecule has 1 aromatic rings. The number of Topliss-reactive ketones (excluding diaryl/α,β-unsaturated/α-hetero) is 1. The Balaban J connectivity index is 0.00000361. The fraction of sp³-hybridized carbons (Fsp3) is 0.654. The highest BCUT2D eigenvalue weighted by Crippen LogP contribution is 2.29. The number of fused-ring (bicyclic) bond motifs is 1. The quantitative estimate of drug-likeness (QED) is 0.452. The molecule has 3 aliphatic rings. The molecule has 39 heavy (non-hydrogen) atoms. The number of piperazine rings is 1. The molecular weight excluding hydrogens is 577 g/mol. The van der Waals surface area contributed by atoms with Gasteiger partial charge in [-0.25, -0.2) is 0 Å². The van der Waals surface area contributed by atoms with Gasteiger partial charge in [0.1, 0.15) is 30.9 Å². The van der Waals surface area contributed by atoms with Crippen molar-refractivity contribution in [3.05, 3.63) is 29.8 Å². The third-order valence-electron chi connectivity index (χ3n) is 7.16. The van der Waals surface area contributed by atoms with Gasteiger partial charge in [0.25, 0.3) is 5.91 Å². The van der Waals surface area contributed by atoms with Crippen LogP contribution in [0.4, 0.5) is 5.69 Å². The first-order valence-corrected chi connectivity index (χ1v) is 12.8. The van der Waals surface area contributed by atoms with Crippen molar-refractivity contribution in [1.29, 1.82) is 0 Å². The van der Waals surface area contributed by atoms with Crippen molar-refractivity contribution < 1.29 is 24.2 Å². The van der Waals surface area contributed by atoms with Crippen molar-refractivity contribution in [2.45, 2.75) is 57.9 Å². The fourth-order valence-electron chi connectivity index (χ4n) is 5.36. The lowest BCUT2D eigenvalue weighted by Gasteiger charge is -2.36. The standard InChI is InChI=1S/C26H38N4O5.4H2S/c1-4-9-28-10-12-29(13-11-28)19-7-5-18(6-8-19)25(33)27-20(14-17(2)3)26(34)30-15-21(31)24-23(30)22(32)16-35-24;;;;/h5-8,17,20-21,23-24,31H,4,9-16H2,1-3H3,(H,27,33);4*1H2/t20-,21-,23+,24+;;;;/m0..../s1. The second kappa shape index (κ2) is 17.0. The number of rotatable bonds is 8. The molecule has 4 rings (SSSR count). The molecule has 0 spiro atoms. The van der Waals surface area contributed by atoms with Crippen LogP contribution < -0.4 is 10.2 Å². The van der Waals surface area contributed by atoms with Crippen molar-refractivity contribution in [3.8, 4) is 0 Å². The molecule has 0 unspecified atom stereocenters. The third kappa shape index (κ3) is 8.95. The van der Waals surface area contributed by atoms with E-state index in [9.17, 15) is 19.5 Å². The Kier molecular flexibility index (Phi) is 16.5. The molecule has 9 nitrogen and oxygen atoms in total. The number of anilines is 1. The summed E-state index contributed by atoms with van der Waals surface area (Å²) in [6.07, 6.45) is 0.0118. The molecule has 4 atom stereocenters. The molecular formula is C26H46N4O5S4. The molecule has 0 radical (unpaired) electrons. The monoisotopic (exact) mass is 622 g/mol. The maximum absolute atomic E-state index is 13.4. The number of nitrogens with one attached hydrogen (secondary N) is 1. The van der Waals surface area contributed by atoms with Gasteiger partial charge < -0.3 is 25.0 Å². The minimum atomic E-state index is -0.901. The average molecular weight is 623 g/mol. The van der Waals surface area contributed by atoms with E-state index in [2.05, 4.69) is 22.0 Å². The number of aliphatic hydroxyl groups is 1. The molecule has 3 fully saturated rings. The summed E-state index contributed by atoms with van der Waals surface area (Å²) >= 11 is 0. The first kappa shape index (κ1) is 37.9. The van der Waals surface area contributed by atoms with Crippen molar-refractivity contribution in [3.63, 3.8) is 0 Å². The molecule has 2 amide bonds. The number of hydrogen-bond acceptors (Lipinski definition) is 7. The molecule has 0 saturated carbocycles. The van der Waals surface area contributed by atoms with Crippen LogP contribution in [0.1, 0.15) is 44.0 Å². The Morgan fingerprint density at radius 1 is 1.05 bits per heavy atom. The van der Waals surface area contributed by atoms with E-state index in [1.807, 2.05) is 26.0 Å². The zero-order chi connectivity index (χ0) is 25.1. The maximum atomic E-state index is 13.4. The lowest BCUT2D eigenvalue weighted by molar-refractivity contribution is -0.138. The van der Waals surface area contributed by atoms with Gasteiger partial charge in [0.05, 0.1) is 6.54 Å². The van der Waals surface area contributed by atoms with Gasteiger partial charge in [-0.3, -0.25) is 19.3 Å². The molecule has 1 aromatic carbocycles. The smallest absolute Gasteiger partial charge is 0.251 e. The summed E-state index contributed by atoms with van der Waals surface area (Å²) in [5, 5.41) is 13.2. The summed E-state index contributed by atoms with van der Waals surface area (Å²) in [7, 11) is 0. The third-order valence-corrected chi connectivity index (χ3v) is 7.16. The van der Waals surface area contributed by atoms with Crippen LogP contribution in [0.2, 0.25) is 0 Å². The summed E-state index contributed by atoms with van der Waals surface area (Å²) < 4.78 is 5.38. The number of carbonyl (C=O) groups is 3. The van der Waals surface area contributed by atoms with Crippen molar-refractivity contribution in [2.75, 3.05) is 50.8 Å². The molecule has 3 heterocycles. The SMILES string of the molecule is CCCN1CCN(c2ccc(C(=O)N[C@@H](CC(C)C)C(=O)N3C[C@H](O)[C@H]4OCC(=O)[C@H]43)cc2)CC1.S.S.S.S. The highest BCUT2D eigenvalue weighted by atomic mass is 32.1. The first-order chi connectivity index (χ1) is 16.8. The van der Waals surface area contributed by atoms with Crippen LogP contribution in [0.5, 0.6) is 0 Å². The molecule has 3 aliphatic heterocycles. The van der Waals surface area contributed by atoms with Gasteiger partial charge >= 0.3 is 0 Å². The van der Waals surface area contributed by atoms with Gasteiger partial charge in [0.2, 0.25) is 5.91 Å². The van der Waals surface area contributed by atoms with Gasteiger partial charge in [-0.2, -0.15) is 54.0 Å². The number of hydrogen-bond donors (Lipinski definition) is 2. The van der Waals surface area contributed by atoms with E-state index in [0.29, 0.717) is 12.0 Å². The molecule has 0 aliphatic carbocycles. The lowest BCUT2D eigenvalue weighted by Crippen LogP contribution is -2.52. The Bertz CT molecular complexity index is 931. The highest BCUT2D eigenvalue weighted by molar-refractivity contribution is 7.59. The largest absolute Gasteiger partial charge is 0.388 e. The van der Waals surface area contributed by atoms with Gasteiger partial charge in [0.15, 0.2) is 5.78 Å². The van der Waals surface area contributed by atoms with E-state index in [-0.39, 0.29) is 90.6 Å². The van der Waals surface area contributed by atoms with Crippen LogP contribution in [-0.2, 0) is 14.3 Å². The summed E-state index contributed by atoms with van der Waals surface area (Å²) in [5.74, 6) is -0.731. The predicted octanol–water partition coefficient (Wildman–Crippen LogP) is 1.35. The van der Waals surface area contributed by atoms with E-state index in [1.54, 1.807) is 12.1 Å². The van der Waals surface area contributed by atoms with Gasteiger partial charge in [-0.05, 0) is 49.6 Å². The van der Waals surface area contributed by atoms with E-state index < -0.39 is 24.3 Å². The second-order valence-corrected chi connectivity index (χ2v) is 10.3. The molecule has 13 heteroatoms. The van der Waals surface area contributed by atoms with Crippen molar-refractivity contribution in [2.24, 2.45) is 5.92 Å². The van der Waals surface area contributed by atoms with Crippen LogP contribution in [0, 0.1) is 5.92 Å². The number of carbonyl (C=O) groups excluding carboxylic acids is 3. The van der Waals surface area contributed by atoms with E-state index >= 15 is 0 Å². The number of amides is 2. The maximum Gasteiger partial charge on any atom is 0.251 e. The topological polar surface area (TPSA) is 102 Å². The zero-order valence-electron chi connectivity index (χ0n) is 23.0. The fourth-order valence-corrected chi connectivity index (χ4v) is 5.36. The summed E-state index contributed by atoms with van der Waals surface area (Å²) in [4.78, 5) is 44.9. The van der Waals surface area contributed by atoms with Gasteiger partial charge in [-0.1, -0.05) is 20.8 Å². The first-order valence-electron chi connectivity index (χ1n) is 12.8. The number of β-amino-alcohol motifs (C(OH)–C–C–N with tert-alkyl or cyclic N) is 1. The van der Waals surface area contributed by atoms with E-state index in [4.69, 9.17) is 4.74 Å². The minimum Gasteiger partial charge on any atom is -0.388 e. The molecule has 224 valence electrons. The van der Waals surface area contributed by atoms with E-state index in [0.717, 1.165) is 44.8 Å². The lowest BCUT2D eigenvalue weighted by atomic mass is 10.0. The molecule has 0 aromatic heterocycles. The average Bonchev–Trinajstić information content (AvgIpc) is 3.39. The van der Waals surface area contributed by atoms with Crippen LogP contribution in [-0.4, -0.2) is 103 Å². The number of ketones is 1. The molecule has 2 N–H and O–H groups in total. The van der Waals surface area contributed by atoms with Crippen LogP contribution >= 0.6 is 54.0 Å². The molecule has 3 saturated heterocycles. The number of benzene rings is 1. The van der Waals surface area contributed by atoms with Crippen LogP contribution in [0.25, 0.3) is 0 Å².